The van der Waals surface area contributed by atoms with Crippen LogP contribution in [0, 0.1) is 0 Å². The van der Waals surface area contributed by atoms with Gasteiger partial charge in [-0.2, -0.15) is 0 Å². The number of nitrogens with one attached hydrogen (secondary N) is 1. The largest absolute Gasteiger partial charge is 0.309 e. The Morgan fingerprint density at radius 3 is 2.65 bits per heavy atom. The van der Waals surface area contributed by atoms with E-state index in [9.17, 15) is 4.79 Å². The van der Waals surface area contributed by atoms with Crippen molar-refractivity contribution in [1.29, 1.82) is 0 Å². The molecule has 0 amide bonds. The highest BCUT2D eigenvalue weighted by Gasteiger charge is 2.27. The SMILES string of the molecule is C[C@@H](Sc1nnc(-c2ccccc2Cl)n1C1CCCC1)c1nc2ccccc2c(=O)[nH]1. The molecule has 0 unspecified atom stereocenters. The molecule has 0 aliphatic heterocycles. The standard InChI is InChI=1S/C23H22ClN5OS/c1-14(20-25-19-13-7-5-11-17(19)22(30)26-20)31-23-28-27-21(16-10-4-6-12-18(16)24)29(23)15-8-2-3-9-15/h4-7,10-15H,2-3,8-9H2,1H3,(H,25,26,30)/t14-/m1/s1. The molecule has 0 spiro atoms. The lowest BCUT2D eigenvalue weighted by molar-refractivity contribution is 0.485. The van der Waals surface area contributed by atoms with E-state index in [1.165, 1.54) is 12.8 Å². The summed E-state index contributed by atoms with van der Waals surface area (Å²) in [6.07, 6.45) is 4.60. The molecule has 5 rings (SSSR count). The first-order valence-electron chi connectivity index (χ1n) is 10.5. The molecule has 2 aromatic heterocycles. The van der Waals surface area contributed by atoms with Crippen molar-refractivity contribution in [2.45, 2.75) is 49.1 Å². The van der Waals surface area contributed by atoms with Crippen molar-refractivity contribution >= 4 is 34.3 Å². The van der Waals surface area contributed by atoms with Gasteiger partial charge in [0.1, 0.15) is 5.82 Å². The molecule has 2 aromatic carbocycles. The normalized spacial score (nSPS) is 15.5. The molecule has 1 fully saturated rings. The number of aromatic nitrogens is 5. The lowest BCUT2D eigenvalue weighted by atomic mass is 10.2. The van der Waals surface area contributed by atoms with Gasteiger partial charge < -0.3 is 4.98 Å². The minimum atomic E-state index is -0.123. The van der Waals surface area contributed by atoms with Gasteiger partial charge >= 0.3 is 0 Å². The maximum Gasteiger partial charge on any atom is 0.258 e. The minimum absolute atomic E-state index is 0.0965. The first-order valence-corrected chi connectivity index (χ1v) is 11.7. The maximum absolute atomic E-state index is 12.5. The van der Waals surface area contributed by atoms with E-state index in [1.54, 1.807) is 17.8 Å². The third-order valence-electron chi connectivity index (χ3n) is 5.77. The number of para-hydroxylation sites is 1. The van der Waals surface area contributed by atoms with Gasteiger partial charge in [0.25, 0.3) is 5.56 Å². The highest BCUT2D eigenvalue weighted by Crippen LogP contribution is 2.41. The second kappa shape index (κ2) is 8.48. The number of H-pyrrole nitrogens is 1. The molecule has 1 aliphatic rings. The Hall–Kier alpha value is -2.64. The van der Waals surface area contributed by atoms with Gasteiger partial charge in [-0.25, -0.2) is 4.98 Å². The summed E-state index contributed by atoms with van der Waals surface area (Å²) in [6.45, 7) is 2.03. The third kappa shape index (κ3) is 3.88. The molecular weight excluding hydrogens is 430 g/mol. The van der Waals surface area contributed by atoms with E-state index in [2.05, 4.69) is 24.7 Å². The maximum atomic E-state index is 12.5. The lowest BCUT2D eigenvalue weighted by Crippen LogP contribution is -2.13. The summed E-state index contributed by atoms with van der Waals surface area (Å²) in [5.41, 5.74) is 1.46. The summed E-state index contributed by atoms with van der Waals surface area (Å²) in [4.78, 5) is 20.1. The summed E-state index contributed by atoms with van der Waals surface area (Å²) >= 11 is 8.05. The lowest BCUT2D eigenvalue weighted by Gasteiger charge is -2.19. The molecular formula is C23H22ClN5OS. The molecule has 0 radical (unpaired) electrons. The number of fused-ring (bicyclic) bond motifs is 1. The monoisotopic (exact) mass is 451 g/mol. The zero-order valence-electron chi connectivity index (χ0n) is 17.1. The fraction of sp³-hybridized carbons (Fsp3) is 0.304. The van der Waals surface area contributed by atoms with Crippen molar-refractivity contribution < 1.29 is 0 Å². The van der Waals surface area contributed by atoms with Crippen molar-refractivity contribution in [1.82, 2.24) is 24.7 Å². The molecule has 158 valence electrons. The van der Waals surface area contributed by atoms with Gasteiger partial charge in [-0.15, -0.1) is 10.2 Å². The number of halogens is 1. The molecule has 0 saturated heterocycles. The van der Waals surface area contributed by atoms with Gasteiger partial charge in [0.05, 0.1) is 21.2 Å². The first-order chi connectivity index (χ1) is 15.1. The second-order valence-electron chi connectivity index (χ2n) is 7.82. The fourth-order valence-corrected chi connectivity index (χ4v) is 5.38. The predicted molar refractivity (Wildman–Crippen MR) is 125 cm³/mol. The highest BCUT2D eigenvalue weighted by atomic mass is 35.5. The van der Waals surface area contributed by atoms with E-state index in [0.29, 0.717) is 27.8 Å². The number of thioether (sulfide) groups is 1. The number of aromatic amines is 1. The van der Waals surface area contributed by atoms with E-state index >= 15 is 0 Å². The third-order valence-corrected chi connectivity index (χ3v) is 7.16. The quantitative estimate of drug-likeness (QED) is 0.388. The Morgan fingerprint density at radius 1 is 1.10 bits per heavy atom. The van der Waals surface area contributed by atoms with E-state index in [1.807, 2.05) is 49.4 Å². The Kier molecular flexibility index (Phi) is 5.54. The average molecular weight is 452 g/mol. The van der Waals surface area contributed by atoms with E-state index in [0.717, 1.165) is 29.4 Å². The zero-order valence-corrected chi connectivity index (χ0v) is 18.7. The van der Waals surface area contributed by atoms with Gasteiger partial charge in [0, 0.05) is 11.6 Å². The molecule has 4 aromatic rings. The van der Waals surface area contributed by atoms with Crippen LogP contribution >= 0.6 is 23.4 Å². The Balaban J connectivity index is 1.53. The van der Waals surface area contributed by atoms with Gasteiger partial charge in [-0.1, -0.05) is 60.5 Å². The van der Waals surface area contributed by atoms with E-state index in [-0.39, 0.29) is 10.8 Å². The summed E-state index contributed by atoms with van der Waals surface area (Å²) in [7, 11) is 0. The van der Waals surface area contributed by atoms with Gasteiger partial charge in [-0.05, 0) is 44.0 Å². The number of rotatable bonds is 5. The molecule has 1 N–H and O–H groups in total. The van der Waals surface area contributed by atoms with Crippen LogP contribution in [0.5, 0.6) is 0 Å². The van der Waals surface area contributed by atoms with Crippen molar-refractivity contribution in [2.75, 3.05) is 0 Å². The summed E-state index contributed by atoms with van der Waals surface area (Å²) in [5.74, 6) is 1.43. The van der Waals surface area contributed by atoms with Crippen LogP contribution in [0.25, 0.3) is 22.3 Å². The fourth-order valence-electron chi connectivity index (χ4n) is 4.19. The molecule has 6 nitrogen and oxygen atoms in total. The molecule has 2 heterocycles. The smallest absolute Gasteiger partial charge is 0.258 e. The summed E-state index contributed by atoms with van der Waals surface area (Å²) in [6, 6.07) is 15.5. The molecule has 31 heavy (non-hydrogen) atoms. The summed E-state index contributed by atoms with van der Waals surface area (Å²) in [5, 5.41) is 11.0. The van der Waals surface area contributed by atoms with Crippen LogP contribution in [-0.4, -0.2) is 24.7 Å². The van der Waals surface area contributed by atoms with Crippen molar-refractivity contribution in [3.05, 3.63) is 69.7 Å². The Bertz CT molecular complexity index is 1290. The first kappa shape index (κ1) is 20.3. The molecule has 1 aliphatic carbocycles. The van der Waals surface area contributed by atoms with E-state index < -0.39 is 0 Å². The molecule has 1 atom stereocenters. The van der Waals surface area contributed by atoms with Crippen LogP contribution in [0.1, 0.15) is 49.7 Å². The van der Waals surface area contributed by atoms with Crippen LogP contribution in [0.4, 0.5) is 0 Å². The predicted octanol–water partition coefficient (Wildman–Crippen LogP) is 5.80. The second-order valence-corrected chi connectivity index (χ2v) is 9.54. The average Bonchev–Trinajstić information content (AvgIpc) is 3.44. The molecule has 8 heteroatoms. The van der Waals surface area contributed by atoms with Gasteiger partial charge in [0.15, 0.2) is 11.0 Å². The molecule has 0 bridgehead atoms. The number of hydrogen-bond acceptors (Lipinski definition) is 5. The van der Waals surface area contributed by atoms with Crippen LogP contribution in [0.2, 0.25) is 5.02 Å². The van der Waals surface area contributed by atoms with Crippen molar-refractivity contribution in [3.63, 3.8) is 0 Å². The van der Waals surface area contributed by atoms with Crippen LogP contribution in [-0.2, 0) is 0 Å². The highest BCUT2D eigenvalue weighted by molar-refractivity contribution is 7.99. The number of hydrogen-bond donors (Lipinski definition) is 1. The van der Waals surface area contributed by atoms with Gasteiger partial charge in [0.2, 0.25) is 0 Å². The Labute approximate surface area is 189 Å². The van der Waals surface area contributed by atoms with Crippen LogP contribution in [0.3, 0.4) is 0 Å². The van der Waals surface area contributed by atoms with Crippen molar-refractivity contribution in [2.24, 2.45) is 0 Å². The van der Waals surface area contributed by atoms with Gasteiger partial charge in [-0.3, -0.25) is 9.36 Å². The number of benzene rings is 2. The van der Waals surface area contributed by atoms with E-state index in [4.69, 9.17) is 11.6 Å². The number of nitrogens with zero attached hydrogens (tertiary/aromatic N) is 4. The van der Waals surface area contributed by atoms with Crippen LogP contribution < -0.4 is 5.56 Å². The minimum Gasteiger partial charge on any atom is -0.309 e. The topological polar surface area (TPSA) is 76.5 Å². The van der Waals surface area contributed by atoms with Crippen LogP contribution in [0.15, 0.2) is 58.5 Å². The molecule has 1 saturated carbocycles. The Morgan fingerprint density at radius 2 is 1.84 bits per heavy atom. The zero-order chi connectivity index (χ0) is 21.4. The van der Waals surface area contributed by atoms with Crippen molar-refractivity contribution in [3.8, 4) is 11.4 Å². The summed E-state index contributed by atoms with van der Waals surface area (Å²) < 4.78 is 2.23.